The van der Waals surface area contributed by atoms with Crippen molar-refractivity contribution < 1.29 is 13.2 Å². The highest BCUT2D eigenvalue weighted by molar-refractivity contribution is 14.0. The van der Waals surface area contributed by atoms with Crippen LogP contribution in [-0.2, 0) is 21.3 Å². The minimum atomic E-state index is -3.54. The van der Waals surface area contributed by atoms with E-state index in [0.29, 0.717) is 19.1 Å². The minimum Gasteiger partial charge on any atom is -0.383 e. The first kappa shape index (κ1) is 25.1. The highest BCUT2D eigenvalue weighted by Crippen LogP contribution is 2.12. The Hall–Kier alpha value is -0.910. The van der Waals surface area contributed by atoms with Crippen LogP contribution in [0.15, 0.2) is 34.2 Å². The zero-order valence-corrected chi connectivity index (χ0v) is 19.3. The third-order valence-corrected chi connectivity index (χ3v) is 4.52. The summed E-state index contributed by atoms with van der Waals surface area (Å²) in [4.78, 5) is 4.75. The minimum absolute atomic E-state index is 0. The highest BCUT2D eigenvalue weighted by atomic mass is 127. The predicted octanol–water partition coefficient (Wildman–Crippen LogP) is 2.08. The standard InChI is InChI=1S/C17H30N4O3S.HI/c1-6-18-16(21-17(2,3)4)19-13-14-8-7-9-15(12-14)25(22,23)20-10-11-24-5;/h7-9,12,20H,6,10-11,13H2,1-5H3,(H2,18,19,21);1H. The summed E-state index contributed by atoms with van der Waals surface area (Å²) in [6, 6.07) is 6.79. The van der Waals surface area contributed by atoms with Crippen molar-refractivity contribution in [1.29, 1.82) is 0 Å². The van der Waals surface area contributed by atoms with Crippen LogP contribution < -0.4 is 15.4 Å². The number of sulfonamides is 1. The Morgan fingerprint density at radius 3 is 2.54 bits per heavy atom. The van der Waals surface area contributed by atoms with Crippen LogP contribution in [0.5, 0.6) is 0 Å². The van der Waals surface area contributed by atoms with Crippen molar-refractivity contribution in [3.8, 4) is 0 Å². The van der Waals surface area contributed by atoms with Crippen molar-refractivity contribution in [1.82, 2.24) is 15.4 Å². The SMILES string of the molecule is CCNC(=NCc1cccc(S(=O)(=O)NCCOC)c1)NC(C)(C)C.I. The van der Waals surface area contributed by atoms with E-state index >= 15 is 0 Å². The number of nitrogens with one attached hydrogen (secondary N) is 3. The van der Waals surface area contributed by atoms with Gasteiger partial charge in [-0.25, -0.2) is 18.1 Å². The number of rotatable bonds is 8. The van der Waals surface area contributed by atoms with Crippen molar-refractivity contribution in [3.63, 3.8) is 0 Å². The highest BCUT2D eigenvalue weighted by Gasteiger charge is 2.14. The van der Waals surface area contributed by atoms with Crippen LogP contribution in [0.1, 0.15) is 33.3 Å². The number of nitrogens with zero attached hydrogens (tertiary/aromatic N) is 1. The normalized spacial score (nSPS) is 12.4. The first-order chi connectivity index (χ1) is 11.7. The molecule has 0 saturated heterocycles. The fourth-order valence-electron chi connectivity index (χ4n) is 2.01. The van der Waals surface area contributed by atoms with Crippen LogP contribution in [0.25, 0.3) is 0 Å². The van der Waals surface area contributed by atoms with Crippen molar-refractivity contribution in [2.24, 2.45) is 4.99 Å². The molecule has 150 valence electrons. The van der Waals surface area contributed by atoms with E-state index in [9.17, 15) is 8.42 Å². The molecule has 3 N–H and O–H groups in total. The molecule has 0 aromatic heterocycles. The summed E-state index contributed by atoms with van der Waals surface area (Å²) in [6.07, 6.45) is 0. The number of hydrogen-bond acceptors (Lipinski definition) is 4. The van der Waals surface area contributed by atoms with Gasteiger partial charge in [0.25, 0.3) is 0 Å². The Bertz CT molecular complexity index is 673. The third kappa shape index (κ3) is 9.70. The monoisotopic (exact) mass is 498 g/mol. The van der Waals surface area contributed by atoms with Gasteiger partial charge in [-0.3, -0.25) is 0 Å². The molecule has 0 aliphatic rings. The summed E-state index contributed by atoms with van der Waals surface area (Å²) < 4.78 is 31.9. The Morgan fingerprint density at radius 1 is 1.27 bits per heavy atom. The summed E-state index contributed by atoms with van der Waals surface area (Å²) >= 11 is 0. The number of aliphatic imine (C=N–C) groups is 1. The van der Waals surface area contributed by atoms with Gasteiger partial charge < -0.3 is 15.4 Å². The fraction of sp³-hybridized carbons (Fsp3) is 0.588. The van der Waals surface area contributed by atoms with Gasteiger partial charge >= 0.3 is 0 Å². The van der Waals surface area contributed by atoms with Gasteiger partial charge in [-0.05, 0) is 45.4 Å². The van der Waals surface area contributed by atoms with Crippen LogP contribution in [0.3, 0.4) is 0 Å². The molecule has 0 spiro atoms. The molecule has 0 atom stereocenters. The third-order valence-electron chi connectivity index (χ3n) is 3.06. The van der Waals surface area contributed by atoms with Gasteiger partial charge in [-0.1, -0.05) is 12.1 Å². The van der Waals surface area contributed by atoms with Crippen LogP contribution >= 0.6 is 24.0 Å². The van der Waals surface area contributed by atoms with Gasteiger partial charge in [0.2, 0.25) is 10.0 Å². The van der Waals surface area contributed by atoms with Crippen molar-refractivity contribution in [2.75, 3.05) is 26.8 Å². The second-order valence-electron chi connectivity index (χ2n) is 6.61. The Kier molecular flexibility index (Phi) is 11.3. The maximum atomic E-state index is 12.3. The first-order valence-corrected chi connectivity index (χ1v) is 9.80. The van der Waals surface area contributed by atoms with E-state index in [1.165, 1.54) is 7.11 Å². The lowest BCUT2D eigenvalue weighted by molar-refractivity contribution is 0.204. The largest absolute Gasteiger partial charge is 0.383 e. The lowest BCUT2D eigenvalue weighted by atomic mass is 10.1. The molecule has 0 aliphatic carbocycles. The molecule has 0 saturated carbocycles. The van der Waals surface area contributed by atoms with Gasteiger partial charge in [-0.15, -0.1) is 24.0 Å². The number of hydrogen-bond donors (Lipinski definition) is 3. The summed E-state index contributed by atoms with van der Waals surface area (Å²) in [5, 5.41) is 6.48. The van der Waals surface area contributed by atoms with Crippen LogP contribution in [0.2, 0.25) is 0 Å². The maximum absolute atomic E-state index is 12.3. The molecule has 0 radical (unpaired) electrons. The molecule has 1 aromatic carbocycles. The number of benzene rings is 1. The van der Waals surface area contributed by atoms with E-state index in [-0.39, 0.29) is 41.0 Å². The van der Waals surface area contributed by atoms with Gasteiger partial charge in [-0.2, -0.15) is 0 Å². The van der Waals surface area contributed by atoms with Crippen molar-refractivity contribution >= 4 is 40.0 Å². The Morgan fingerprint density at radius 2 is 1.96 bits per heavy atom. The number of ether oxygens (including phenoxy) is 1. The molecule has 7 nitrogen and oxygen atoms in total. The Labute approximate surface area is 174 Å². The topological polar surface area (TPSA) is 91.8 Å². The van der Waals surface area contributed by atoms with Crippen molar-refractivity contribution in [2.45, 2.75) is 44.7 Å². The van der Waals surface area contributed by atoms with Crippen LogP contribution in [0, 0.1) is 0 Å². The quantitative estimate of drug-likeness (QED) is 0.221. The summed E-state index contributed by atoms with van der Waals surface area (Å²) in [5.74, 6) is 0.696. The molecule has 1 aromatic rings. The molecule has 0 unspecified atom stereocenters. The number of halogens is 1. The van der Waals surface area contributed by atoms with Gasteiger partial charge in [0, 0.05) is 25.7 Å². The van der Waals surface area contributed by atoms with Gasteiger partial charge in [0.05, 0.1) is 18.0 Å². The fourth-order valence-corrected chi connectivity index (χ4v) is 3.09. The van der Waals surface area contributed by atoms with E-state index in [1.807, 2.05) is 13.0 Å². The summed E-state index contributed by atoms with van der Waals surface area (Å²) in [6.45, 7) is 9.86. The summed E-state index contributed by atoms with van der Waals surface area (Å²) in [5.41, 5.74) is 0.706. The lowest BCUT2D eigenvalue weighted by Gasteiger charge is -2.23. The molecule has 0 aliphatic heterocycles. The average Bonchev–Trinajstić information content (AvgIpc) is 2.52. The van der Waals surface area contributed by atoms with E-state index in [2.05, 4.69) is 41.1 Å². The van der Waals surface area contributed by atoms with E-state index < -0.39 is 10.0 Å². The van der Waals surface area contributed by atoms with Gasteiger partial charge in [0.15, 0.2) is 5.96 Å². The molecule has 9 heteroatoms. The molecule has 0 fully saturated rings. The van der Waals surface area contributed by atoms with E-state index in [1.54, 1.807) is 18.2 Å². The number of methoxy groups -OCH3 is 1. The van der Waals surface area contributed by atoms with E-state index in [4.69, 9.17) is 4.74 Å². The zero-order valence-electron chi connectivity index (χ0n) is 16.1. The Balaban J connectivity index is 0.00000625. The van der Waals surface area contributed by atoms with Crippen LogP contribution in [-0.4, -0.2) is 46.7 Å². The predicted molar refractivity (Wildman–Crippen MR) is 117 cm³/mol. The molecule has 0 bridgehead atoms. The lowest BCUT2D eigenvalue weighted by Crippen LogP contribution is -2.47. The molecule has 26 heavy (non-hydrogen) atoms. The van der Waals surface area contributed by atoms with Crippen molar-refractivity contribution in [3.05, 3.63) is 29.8 Å². The number of guanidine groups is 1. The first-order valence-electron chi connectivity index (χ1n) is 8.32. The smallest absolute Gasteiger partial charge is 0.240 e. The maximum Gasteiger partial charge on any atom is 0.240 e. The molecular formula is C17H31IN4O3S. The second kappa shape index (κ2) is 11.7. The zero-order chi connectivity index (χ0) is 18.9. The molecule has 0 heterocycles. The van der Waals surface area contributed by atoms with E-state index in [0.717, 1.165) is 12.1 Å². The summed E-state index contributed by atoms with van der Waals surface area (Å²) in [7, 11) is -2.01. The molecule has 0 amide bonds. The molecular weight excluding hydrogens is 467 g/mol. The average molecular weight is 498 g/mol. The molecule has 1 rings (SSSR count). The second-order valence-corrected chi connectivity index (χ2v) is 8.38. The van der Waals surface area contributed by atoms with Gasteiger partial charge in [0.1, 0.15) is 0 Å². The van der Waals surface area contributed by atoms with Crippen LogP contribution in [0.4, 0.5) is 0 Å².